The van der Waals surface area contributed by atoms with Crippen LogP contribution in [0.3, 0.4) is 0 Å². The van der Waals surface area contributed by atoms with E-state index in [2.05, 4.69) is 9.82 Å². The maximum atomic E-state index is 12.5. The Labute approximate surface area is 151 Å². The van der Waals surface area contributed by atoms with Crippen LogP contribution in [-0.4, -0.2) is 24.7 Å². The number of nitrogens with one attached hydrogen (secondary N) is 1. The van der Waals surface area contributed by atoms with Gasteiger partial charge in [0.25, 0.3) is 5.56 Å². The lowest BCUT2D eigenvalue weighted by atomic mass is 9.90. The summed E-state index contributed by atoms with van der Waals surface area (Å²) in [5.41, 5.74) is 1.15. The molecule has 0 spiro atoms. The zero-order chi connectivity index (χ0) is 17.9. The molecule has 2 aromatic heterocycles. The maximum absolute atomic E-state index is 12.5. The SMILES string of the molecule is CCn1nc(-c2csc(S(=O)(=O)NCC3CCCCC3)c2)ccc1=O. The van der Waals surface area contributed by atoms with Crippen LogP contribution in [0.5, 0.6) is 0 Å². The minimum atomic E-state index is -3.50. The lowest BCUT2D eigenvalue weighted by Crippen LogP contribution is -2.29. The highest BCUT2D eigenvalue weighted by molar-refractivity contribution is 7.91. The summed E-state index contributed by atoms with van der Waals surface area (Å²) in [7, 11) is -3.50. The van der Waals surface area contributed by atoms with Gasteiger partial charge in [0.1, 0.15) is 4.21 Å². The van der Waals surface area contributed by atoms with Crippen molar-refractivity contribution in [3.8, 4) is 11.3 Å². The third kappa shape index (κ3) is 4.37. The van der Waals surface area contributed by atoms with Gasteiger partial charge in [0.15, 0.2) is 0 Å². The Kier molecular flexibility index (Phi) is 5.71. The molecule has 2 aromatic rings. The van der Waals surface area contributed by atoms with Crippen LogP contribution in [0.4, 0.5) is 0 Å². The number of thiophene rings is 1. The molecular formula is C17H23N3O3S2. The topological polar surface area (TPSA) is 81.1 Å². The van der Waals surface area contributed by atoms with Crippen molar-refractivity contribution < 1.29 is 8.42 Å². The molecular weight excluding hydrogens is 358 g/mol. The predicted octanol–water partition coefficient (Wildman–Crippen LogP) is 2.85. The predicted molar refractivity (Wildman–Crippen MR) is 99.2 cm³/mol. The second kappa shape index (κ2) is 7.80. The van der Waals surface area contributed by atoms with E-state index in [4.69, 9.17) is 0 Å². The zero-order valence-electron chi connectivity index (χ0n) is 14.3. The van der Waals surface area contributed by atoms with E-state index in [1.54, 1.807) is 17.5 Å². The summed E-state index contributed by atoms with van der Waals surface area (Å²) in [5.74, 6) is 0.442. The Morgan fingerprint density at radius 3 is 2.76 bits per heavy atom. The van der Waals surface area contributed by atoms with Gasteiger partial charge in [0.2, 0.25) is 10.0 Å². The third-order valence-electron chi connectivity index (χ3n) is 4.59. The molecule has 2 heterocycles. The quantitative estimate of drug-likeness (QED) is 0.834. The molecule has 25 heavy (non-hydrogen) atoms. The van der Waals surface area contributed by atoms with Crippen molar-refractivity contribution in [1.29, 1.82) is 0 Å². The summed E-state index contributed by atoms with van der Waals surface area (Å²) in [6.45, 7) is 2.83. The highest BCUT2D eigenvalue weighted by atomic mass is 32.2. The van der Waals surface area contributed by atoms with Gasteiger partial charge in [0.05, 0.1) is 5.69 Å². The van der Waals surface area contributed by atoms with Crippen molar-refractivity contribution in [1.82, 2.24) is 14.5 Å². The minimum absolute atomic E-state index is 0.163. The second-order valence-electron chi connectivity index (χ2n) is 6.38. The largest absolute Gasteiger partial charge is 0.268 e. The Morgan fingerprint density at radius 1 is 1.28 bits per heavy atom. The monoisotopic (exact) mass is 381 g/mol. The molecule has 1 aliphatic carbocycles. The molecule has 0 aliphatic heterocycles. The number of hydrogen-bond acceptors (Lipinski definition) is 5. The molecule has 0 atom stereocenters. The summed E-state index contributed by atoms with van der Waals surface area (Å²) in [6, 6.07) is 4.71. The van der Waals surface area contributed by atoms with Crippen LogP contribution < -0.4 is 10.3 Å². The Bertz CT molecular complexity index is 881. The number of aryl methyl sites for hydroxylation is 1. The first-order valence-electron chi connectivity index (χ1n) is 8.66. The average molecular weight is 382 g/mol. The van der Waals surface area contributed by atoms with E-state index >= 15 is 0 Å². The van der Waals surface area contributed by atoms with Crippen molar-refractivity contribution in [3.05, 3.63) is 33.9 Å². The van der Waals surface area contributed by atoms with E-state index < -0.39 is 10.0 Å². The number of nitrogens with zero attached hydrogens (tertiary/aromatic N) is 2. The first-order valence-corrected chi connectivity index (χ1v) is 11.0. The van der Waals surface area contributed by atoms with E-state index in [0.29, 0.717) is 30.3 Å². The van der Waals surface area contributed by atoms with Crippen molar-refractivity contribution >= 4 is 21.4 Å². The number of sulfonamides is 1. The number of rotatable bonds is 6. The van der Waals surface area contributed by atoms with Crippen LogP contribution in [0.25, 0.3) is 11.3 Å². The number of aromatic nitrogens is 2. The van der Waals surface area contributed by atoms with Crippen LogP contribution in [0.15, 0.2) is 32.6 Å². The third-order valence-corrected chi connectivity index (χ3v) is 7.45. The summed E-state index contributed by atoms with van der Waals surface area (Å²) in [4.78, 5) is 11.6. The molecule has 3 rings (SSSR count). The van der Waals surface area contributed by atoms with E-state index in [9.17, 15) is 13.2 Å². The van der Waals surface area contributed by atoms with E-state index in [0.717, 1.165) is 12.8 Å². The van der Waals surface area contributed by atoms with Gasteiger partial charge in [-0.1, -0.05) is 19.3 Å². The van der Waals surface area contributed by atoms with Gasteiger partial charge < -0.3 is 0 Å². The van der Waals surface area contributed by atoms with Gasteiger partial charge >= 0.3 is 0 Å². The molecule has 0 unspecified atom stereocenters. The smallest absolute Gasteiger partial charge is 0.266 e. The lowest BCUT2D eigenvalue weighted by Gasteiger charge is -2.21. The molecule has 0 amide bonds. The van der Waals surface area contributed by atoms with Crippen molar-refractivity contribution in [2.45, 2.75) is 49.8 Å². The molecule has 8 heteroatoms. The standard InChI is InChI=1S/C17H23N3O3S2/c1-2-20-16(21)9-8-15(19-20)14-10-17(24-12-14)25(22,23)18-11-13-6-4-3-5-7-13/h8-10,12-13,18H,2-7,11H2,1H3. The van der Waals surface area contributed by atoms with Gasteiger partial charge in [-0.15, -0.1) is 11.3 Å². The minimum Gasteiger partial charge on any atom is -0.268 e. The van der Waals surface area contributed by atoms with Crippen molar-refractivity contribution in [2.24, 2.45) is 5.92 Å². The summed E-state index contributed by atoms with van der Waals surface area (Å²) in [5, 5.41) is 6.04. The molecule has 1 aliphatic rings. The molecule has 1 N–H and O–H groups in total. The second-order valence-corrected chi connectivity index (χ2v) is 9.29. The normalized spacial score (nSPS) is 16.2. The van der Waals surface area contributed by atoms with Crippen LogP contribution in [0.1, 0.15) is 39.0 Å². The fourth-order valence-corrected chi connectivity index (χ4v) is 5.45. The fourth-order valence-electron chi connectivity index (χ4n) is 3.11. The molecule has 0 radical (unpaired) electrons. The summed E-state index contributed by atoms with van der Waals surface area (Å²) in [6.07, 6.45) is 5.83. The molecule has 0 saturated heterocycles. The van der Waals surface area contributed by atoms with Gasteiger partial charge in [-0.2, -0.15) is 5.10 Å². The van der Waals surface area contributed by atoms with Crippen LogP contribution >= 0.6 is 11.3 Å². The zero-order valence-corrected chi connectivity index (χ0v) is 15.9. The van der Waals surface area contributed by atoms with Gasteiger partial charge in [-0.05, 0) is 37.8 Å². The summed E-state index contributed by atoms with van der Waals surface area (Å²) >= 11 is 1.18. The first kappa shape index (κ1) is 18.3. The highest BCUT2D eigenvalue weighted by Gasteiger charge is 2.21. The fraction of sp³-hybridized carbons (Fsp3) is 0.529. The summed E-state index contributed by atoms with van der Waals surface area (Å²) < 4.78 is 29.4. The van der Waals surface area contributed by atoms with Crippen molar-refractivity contribution in [2.75, 3.05) is 6.54 Å². The lowest BCUT2D eigenvalue weighted by molar-refractivity contribution is 0.357. The number of hydrogen-bond donors (Lipinski definition) is 1. The maximum Gasteiger partial charge on any atom is 0.266 e. The van der Waals surface area contributed by atoms with Gasteiger partial charge in [-0.3, -0.25) is 4.79 Å². The Balaban J connectivity index is 1.74. The molecule has 1 saturated carbocycles. The first-order chi connectivity index (χ1) is 12.0. The molecule has 6 nitrogen and oxygen atoms in total. The molecule has 0 bridgehead atoms. The van der Waals surface area contributed by atoms with Crippen LogP contribution in [0, 0.1) is 5.92 Å². The van der Waals surface area contributed by atoms with Crippen LogP contribution in [-0.2, 0) is 16.6 Å². The molecule has 1 fully saturated rings. The highest BCUT2D eigenvalue weighted by Crippen LogP contribution is 2.28. The van der Waals surface area contributed by atoms with Crippen molar-refractivity contribution in [3.63, 3.8) is 0 Å². The van der Waals surface area contributed by atoms with Gasteiger partial charge in [0, 0.05) is 30.1 Å². The molecule has 0 aromatic carbocycles. The van der Waals surface area contributed by atoms with Crippen LogP contribution in [0.2, 0.25) is 0 Å². The van der Waals surface area contributed by atoms with E-state index in [-0.39, 0.29) is 9.77 Å². The average Bonchev–Trinajstić information content (AvgIpc) is 3.12. The van der Waals surface area contributed by atoms with E-state index in [1.165, 1.54) is 41.3 Å². The van der Waals surface area contributed by atoms with Gasteiger partial charge in [-0.25, -0.2) is 17.8 Å². The molecule has 136 valence electrons. The van der Waals surface area contributed by atoms with E-state index in [1.807, 2.05) is 6.92 Å². The Hall–Kier alpha value is -1.51. The Morgan fingerprint density at radius 2 is 2.04 bits per heavy atom.